The fraction of sp³-hybridized carbons (Fsp3) is 0.222. The molecule has 2 amide bonds. The minimum Gasteiger partial charge on any atom is -0.462 e. The molecule has 0 aliphatic carbocycles. The van der Waals surface area contributed by atoms with E-state index >= 15 is 0 Å². The minimum atomic E-state index is -0.383. The fourth-order valence-corrected chi connectivity index (χ4v) is 4.69. The quantitative estimate of drug-likeness (QED) is 0.359. The Labute approximate surface area is 203 Å². The number of rotatable bonds is 8. The molecule has 6 nitrogen and oxygen atoms in total. The maximum absolute atomic E-state index is 12.9. The van der Waals surface area contributed by atoms with Gasteiger partial charge in [-0.25, -0.2) is 4.79 Å². The maximum atomic E-state index is 12.9. The summed E-state index contributed by atoms with van der Waals surface area (Å²) in [6.07, 6.45) is 1.62. The van der Waals surface area contributed by atoms with Crippen LogP contribution in [0.15, 0.2) is 77.7 Å². The van der Waals surface area contributed by atoms with Crippen LogP contribution in [-0.2, 0) is 16.0 Å². The van der Waals surface area contributed by atoms with E-state index in [1.54, 1.807) is 36.4 Å². The molecule has 1 aliphatic heterocycles. The summed E-state index contributed by atoms with van der Waals surface area (Å²) in [5.41, 5.74) is 3.66. The summed E-state index contributed by atoms with van der Waals surface area (Å²) >= 11 is 1.36. The lowest BCUT2D eigenvalue weighted by Gasteiger charge is -2.17. The van der Waals surface area contributed by atoms with Gasteiger partial charge in [-0.15, -0.1) is 11.8 Å². The Kier molecular flexibility index (Phi) is 7.65. The molecular formula is C27H26N2O4S. The summed E-state index contributed by atoms with van der Waals surface area (Å²) in [6.45, 7) is 2.99. The van der Waals surface area contributed by atoms with E-state index in [0.717, 1.165) is 23.4 Å². The first-order chi connectivity index (χ1) is 16.6. The molecule has 0 fully saturated rings. The maximum Gasteiger partial charge on any atom is 0.338 e. The molecule has 34 heavy (non-hydrogen) atoms. The Morgan fingerprint density at radius 1 is 0.971 bits per heavy atom. The number of hydrogen-bond acceptors (Lipinski definition) is 5. The standard InChI is InChI=1S/C27H26N2O4S/c1-2-17-33-27(32)20-11-13-21(14-12-20)28-26(31)22-8-4-6-10-24(22)34-18-25(30)29-16-15-19-7-3-5-9-23(19)29/h3-14H,2,15-18H2,1H3,(H,28,31). The molecule has 1 N–H and O–H groups in total. The summed E-state index contributed by atoms with van der Waals surface area (Å²) in [7, 11) is 0. The molecule has 0 atom stereocenters. The Bertz CT molecular complexity index is 1190. The number of esters is 1. The zero-order valence-corrected chi connectivity index (χ0v) is 19.8. The van der Waals surface area contributed by atoms with Crippen LogP contribution in [0.2, 0.25) is 0 Å². The van der Waals surface area contributed by atoms with E-state index in [1.807, 2.05) is 42.2 Å². The van der Waals surface area contributed by atoms with Gasteiger partial charge < -0.3 is 15.0 Å². The largest absolute Gasteiger partial charge is 0.462 e. The lowest BCUT2D eigenvalue weighted by Crippen LogP contribution is -2.30. The highest BCUT2D eigenvalue weighted by atomic mass is 32.2. The van der Waals surface area contributed by atoms with Gasteiger partial charge in [0.15, 0.2) is 0 Å². The molecule has 1 heterocycles. The summed E-state index contributed by atoms with van der Waals surface area (Å²) in [6, 6.07) is 21.8. The monoisotopic (exact) mass is 474 g/mol. The lowest BCUT2D eigenvalue weighted by molar-refractivity contribution is -0.116. The van der Waals surface area contributed by atoms with Crippen LogP contribution in [0, 0.1) is 0 Å². The highest BCUT2D eigenvalue weighted by Gasteiger charge is 2.24. The first-order valence-electron chi connectivity index (χ1n) is 11.3. The third-order valence-corrected chi connectivity index (χ3v) is 6.55. The molecule has 0 aromatic heterocycles. The molecule has 4 rings (SSSR count). The summed E-state index contributed by atoms with van der Waals surface area (Å²) in [5.74, 6) is -0.390. The van der Waals surface area contributed by atoms with Gasteiger partial charge in [0.05, 0.1) is 23.5 Å². The molecule has 0 saturated carbocycles. The van der Waals surface area contributed by atoms with Gasteiger partial charge in [0.1, 0.15) is 0 Å². The Morgan fingerprint density at radius 2 is 1.71 bits per heavy atom. The summed E-state index contributed by atoms with van der Waals surface area (Å²) < 4.78 is 5.13. The number of fused-ring (bicyclic) bond motifs is 1. The van der Waals surface area contributed by atoms with Crippen molar-refractivity contribution in [2.75, 3.05) is 29.1 Å². The van der Waals surface area contributed by atoms with Crippen LogP contribution in [-0.4, -0.2) is 36.7 Å². The number of nitrogens with zero attached hydrogens (tertiary/aromatic N) is 1. The molecule has 3 aromatic carbocycles. The average molecular weight is 475 g/mol. The molecule has 174 valence electrons. The van der Waals surface area contributed by atoms with Gasteiger partial charge in [-0.05, 0) is 60.9 Å². The van der Waals surface area contributed by atoms with Crippen molar-refractivity contribution in [1.82, 2.24) is 0 Å². The van der Waals surface area contributed by atoms with Crippen LogP contribution in [0.5, 0.6) is 0 Å². The Morgan fingerprint density at radius 3 is 2.50 bits per heavy atom. The molecular weight excluding hydrogens is 448 g/mol. The van der Waals surface area contributed by atoms with Gasteiger partial charge in [-0.3, -0.25) is 9.59 Å². The normalized spacial score (nSPS) is 12.2. The third-order valence-electron chi connectivity index (χ3n) is 5.49. The third kappa shape index (κ3) is 5.48. The predicted molar refractivity (Wildman–Crippen MR) is 135 cm³/mol. The number of thioether (sulfide) groups is 1. The van der Waals surface area contributed by atoms with Crippen molar-refractivity contribution in [2.24, 2.45) is 0 Å². The van der Waals surface area contributed by atoms with Gasteiger partial charge in [0.2, 0.25) is 5.91 Å². The van der Waals surface area contributed by atoms with E-state index in [1.165, 1.54) is 17.3 Å². The molecule has 0 saturated heterocycles. The van der Waals surface area contributed by atoms with Gasteiger partial charge in [0, 0.05) is 22.8 Å². The minimum absolute atomic E-state index is 0.0238. The van der Waals surface area contributed by atoms with Crippen LogP contribution in [0.25, 0.3) is 0 Å². The first kappa shape index (κ1) is 23.6. The number of hydrogen-bond donors (Lipinski definition) is 1. The number of ether oxygens (including phenoxy) is 1. The molecule has 1 aliphatic rings. The van der Waals surface area contributed by atoms with Crippen LogP contribution in [0.1, 0.15) is 39.6 Å². The summed E-state index contributed by atoms with van der Waals surface area (Å²) in [5, 5.41) is 2.86. The van der Waals surface area contributed by atoms with E-state index in [4.69, 9.17) is 4.74 Å². The van der Waals surface area contributed by atoms with E-state index < -0.39 is 0 Å². The van der Waals surface area contributed by atoms with Gasteiger partial charge >= 0.3 is 5.97 Å². The lowest BCUT2D eigenvalue weighted by atomic mass is 10.2. The Balaban J connectivity index is 1.39. The number of anilines is 2. The smallest absolute Gasteiger partial charge is 0.338 e. The van der Waals surface area contributed by atoms with Crippen molar-refractivity contribution >= 4 is 40.9 Å². The Hall–Kier alpha value is -3.58. The van der Waals surface area contributed by atoms with E-state index in [9.17, 15) is 14.4 Å². The van der Waals surface area contributed by atoms with E-state index in [2.05, 4.69) is 11.4 Å². The number of nitrogens with one attached hydrogen (secondary N) is 1. The predicted octanol–water partition coefficient (Wildman–Crippen LogP) is 5.19. The van der Waals surface area contributed by atoms with Crippen LogP contribution < -0.4 is 10.2 Å². The fourth-order valence-electron chi connectivity index (χ4n) is 3.76. The van der Waals surface area contributed by atoms with E-state index in [-0.39, 0.29) is 23.5 Å². The van der Waals surface area contributed by atoms with Crippen molar-refractivity contribution in [1.29, 1.82) is 0 Å². The highest BCUT2D eigenvalue weighted by Crippen LogP contribution is 2.30. The molecule has 0 unspecified atom stereocenters. The molecule has 0 radical (unpaired) electrons. The van der Waals surface area contributed by atoms with Gasteiger partial charge in [-0.2, -0.15) is 0 Å². The second kappa shape index (κ2) is 11.0. The van der Waals surface area contributed by atoms with E-state index in [0.29, 0.717) is 30.0 Å². The van der Waals surface area contributed by atoms with Gasteiger partial charge in [0.25, 0.3) is 5.91 Å². The number of carbonyl (C=O) groups excluding carboxylic acids is 3. The summed E-state index contributed by atoms with van der Waals surface area (Å²) in [4.78, 5) is 40.3. The SMILES string of the molecule is CCCOC(=O)c1ccc(NC(=O)c2ccccc2SCC(=O)N2CCc3ccccc32)cc1. The van der Waals surface area contributed by atoms with Crippen molar-refractivity contribution in [3.8, 4) is 0 Å². The van der Waals surface area contributed by atoms with Crippen molar-refractivity contribution in [3.63, 3.8) is 0 Å². The van der Waals surface area contributed by atoms with Crippen molar-refractivity contribution < 1.29 is 19.1 Å². The molecule has 7 heteroatoms. The zero-order chi connectivity index (χ0) is 23.9. The number of benzene rings is 3. The highest BCUT2D eigenvalue weighted by molar-refractivity contribution is 8.00. The number of amides is 2. The average Bonchev–Trinajstić information content (AvgIpc) is 3.31. The second-order valence-corrected chi connectivity index (χ2v) is 8.89. The second-order valence-electron chi connectivity index (χ2n) is 7.88. The van der Waals surface area contributed by atoms with Crippen LogP contribution in [0.4, 0.5) is 11.4 Å². The van der Waals surface area contributed by atoms with Crippen molar-refractivity contribution in [3.05, 3.63) is 89.5 Å². The zero-order valence-electron chi connectivity index (χ0n) is 19.0. The number of para-hydroxylation sites is 1. The van der Waals surface area contributed by atoms with Crippen LogP contribution >= 0.6 is 11.8 Å². The topological polar surface area (TPSA) is 75.7 Å². The van der Waals surface area contributed by atoms with Gasteiger partial charge in [-0.1, -0.05) is 37.3 Å². The molecule has 0 spiro atoms. The van der Waals surface area contributed by atoms with Crippen LogP contribution in [0.3, 0.4) is 0 Å². The van der Waals surface area contributed by atoms with Crippen molar-refractivity contribution in [2.45, 2.75) is 24.7 Å². The first-order valence-corrected chi connectivity index (χ1v) is 12.2. The molecule has 0 bridgehead atoms. The molecule has 3 aromatic rings. The number of carbonyl (C=O) groups is 3.